The van der Waals surface area contributed by atoms with Gasteiger partial charge in [0.1, 0.15) is 0 Å². The van der Waals surface area contributed by atoms with Crippen molar-refractivity contribution in [3.05, 3.63) is 88.3 Å². The van der Waals surface area contributed by atoms with Gasteiger partial charge in [0.2, 0.25) is 0 Å². The van der Waals surface area contributed by atoms with Crippen molar-refractivity contribution in [2.45, 2.75) is 33.5 Å². The molecule has 1 amide bonds. The molecule has 0 radical (unpaired) electrons. The number of amides is 1. The summed E-state index contributed by atoms with van der Waals surface area (Å²) < 4.78 is 35.9. The molecule has 178 valence electrons. The van der Waals surface area contributed by atoms with Crippen molar-refractivity contribution in [2.75, 3.05) is 5.32 Å². The molecule has 1 aliphatic rings. The Morgan fingerprint density at radius 1 is 0.943 bits per heavy atom. The molecule has 0 atom stereocenters. The number of nitrogens with one attached hydrogen (secondary N) is 1. The largest absolute Gasteiger partial charge is 0.586 e. The molecule has 0 bridgehead atoms. The van der Waals surface area contributed by atoms with Crippen LogP contribution in [0.4, 0.5) is 14.5 Å². The highest BCUT2D eigenvalue weighted by Crippen LogP contribution is 2.44. The van der Waals surface area contributed by atoms with E-state index in [-0.39, 0.29) is 17.4 Å². The third-order valence-electron chi connectivity index (χ3n) is 6.07. The van der Waals surface area contributed by atoms with Gasteiger partial charge < -0.3 is 14.8 Å². The minimum absolute atomic E-state index is 0.00194. The van der Waals surface area contributed by atoms with Crippen LogP contribution < -0.4 is 14.8 Å². The number of rotatable bonds is 5. The van der Waals surface area contributed by atoms with Gasteiger partial charge >= 0.3 is 6.29 Å². The molecule has 0 aliphatic carbocycles. The minimum Gasteiger partial charge on any atom is -0.395 e. The molecule has 0 fully saturated rings. The first-order valence-electron chi connectivity index (χ1n) is 11.3. The molecule has 0 saturated carbocycles. The van der Waals surface area contributed by atoms with Gasteiger partial charge in [-0.25, -0.2) is 0 Å². The summed E-state index contributed by atoms with van der Waals surface area (Å²) in [6.45, 7) is 5.91. The van der Waals surface area contributed by atoms with E-state index in [4.69, 9.17) is 0 Å². The van der Waals surface area contributed by atoms with E-state index in [0.29, 0.717) is 10.6 Å². The van der Waals surface area contributed by atoms with Crippen molar-refractivity contribution >= 4 is 22.9 Å². The summed E-state index contributed by atoms with van der Waals surface area (Å²) in [5.41, 5.74) is 6.28. The number of aryl methyl sites for hydroxylation is 1. The van der Waals surface area contributed by atoms with Gasteiger partial charge in [0.05, 0.1) is 4.88 Å². The van der Waals surface area contributed by atoms with E-state index in [9.17, 15) is 13.6 Å². The van der Waals surface area contributed by atoms with Gasteiger partial charge in [-0.3, -0.25) is 4.79 Å². The summed E-state index contributed by atoms with van der Waals surface area (Å²) >= 11 is 1.51. The molecule has 0 unspecified atom stereocenters. The van der Waals surface area contributed by atoms with Crippen molar-refractivity contribution in [3.63, 3.8) is 0 Å². The highest BCUT2D eigenvalue weighted by molar-refractivity contribution is 7.18. The lowest BCUT2D eigenvalue weighted by molar-refractivity contribution is -0.286. The Morgan fingerprint density at radius 3 is 2.26 bits per heavy atom. The number of carbonyl (C=O) groups excluding carboxylic acids is 1. The molecule has 35 heavy (non-hydrogen) atoms. The highest BCUT2D eigenvalue weighted by Gasteiger charge is 2.43. The monoisotopic (exact) mass is 491 g/mol. The molecule has 1 N–H and O–H groups in total. The van der Waals surface area contributed by atoms with Crippen LogP contribution in [-0.4, -0.2) is 12.2 Å². The standard InChI is InChI=1S/C28H23F2NO3S/c1-4-21-17(3)25(35-26(21)19-8-6-5-7-9-19)27(32)31-20-12-10-18(11-13-20)22-15-24-23(14-16(22)2)33-28(29,30)34-24/h5-15H,4H2,1-3H3,(H,31,32). The number of halogens is 2. The fourth-order valence-corrected chi connectivity index (χ4v) is 5.64. The van der Waals surface area contributed by atoms with Crippen molar-refractivity contribution in [1.82, 2.24) is 0 Å². The zero-order valence-electron chi connectivity index (χ0n) is 19.4. The number of alkyl halides is 2. The summed E-state index contributed by atoms with van der Waals surface area (Å²) in [5.74, 6) is -0.131. The van der Waals surface area contributed by atoms with E-state index in [1.54, 1.807) is 18.2 Å². The molecule has 1 aromatic heterocycles. The Labute approximate surface area is 206 Å². The van der Waals surface area contributed by atoms with Crippen LogP contribution in [0.25, 0.3) is 21.6 Å². The van der Waals surface area contributed by atoms with Crippen LogP contribution in [0.5, 0.6) is 11.5 Å². The maximum atomic E-state index is 13.4. The van der Waals surface area contributed by atoms with Crippen LogP contribution >= 0.6 is 11.3 Å². The van der Waals surface area contributed by atoms with E-state index in [0.717, 1.165) is 39.1 Å². The van der Waals surface area contributed by atoms with Crippen molar-refractivity contribution < 1.29 is 23.0 Å². The summed E-state index contributed by atoms with van der Waals surface area (Å²) in [6.07, 6.45) is -2.81. The number of hydrogen-bond acceptors (Lipinski definition) is 4. The van der Waals surface area contributed by atoms with Crippen LogP contribution in [0.15, 0.2) is 66.7 Å². The zero-order valence-corrected chi connectivity index (χ0v) is 20.3. The first kappa shape index (κ1) is 23.1. The van der Waals surface area contributed by atoms with Gasteiger partial charge in [-0.2, -0.15) is 0 Å². The van der Waals surface area contributed by atoms with E-state index < -0.39 is 6.29 Å². The second-order valence-electron chi connectivity index (χ2n) is 8.40. The van der Waals surface area contributed by atoms with E-state index in [1.165, 1.54) is 23.0 Å². The molecule has 4 nitrogen and oxygen atoms in total. The third kappa shape index (κ3) is 4.39. The average molecular weight is 492 g/mol. The molecule has 7 heteroatoms. The second kappa shape index (κ2) is 8.82. The molecular formula is C28H23F2NO3S. The second-order valence-corrected chi connectivity index (χ2v) is 9.42. The predicted molar refractivity (Wildman–Crippen MR) is 135 cm³/mol. The predicted octanol–water partition coefficient (Wildman–Crippen LogP) is 7.84. The topological polar surface area (TPSA) is 47.6 Å². The van der Waals surface area contributed by atoms with Crippen LogP contribution in [0.2, 0.25) is 0 Å². The van der Waals surface area contributed by atoms with Crippen LogP contribution in [0, 0.1) is 13.8 Å². The van der Waals surface area contributed by atoms with Crippen molar-refractivity contribution in [3.8, 4) is 33.1 Å². The Bertz CT molecular complexity index is 1410. The Morgan fingerprint density at radius 2 is 1.60 bits per heavy atom. The summed E-state index contributed by atoms with van der Waals surface area (Å²) in [6, 6.07) is 20.5. The number of anilines is 1. The number of benzene rings is 3. The van der Waals surface area contributed by atoms with Crippen LogP contribution in [0.1, 0.15) is 33.3 Å². The first-order chi connectivity index (χ1) is 16.8. The fourth-order valence-electron chi connectivity index (χ4n) is 4.34. The SMILES string of the molecule is CCc1c(-c2ccccc2)sc(C(=O)Nc2ccc(-c3cc4c(cc3C)OC(F)(F)O4)cc2)c1C. The molecular weight excluding hydrogens is 468 g/mol. The zero-order chi connectivity index (χ0) is 24.7. The van der Waals surface area contributed by atoms with E-state index >= 15 is 0 Å². The minimum atomic E-state index is -3.65. The van der Waals surface area contributed by atoms with Gasteiger partial charge in [0, 0.05) is 10.6 Å². The number of fused-ring (bicyclic) bond motifs is 1. The third-order valence-corrected chi connectivity index (χ3v) is 7.45. The van der Waals surface area contributed by atoms with Gasteiger partial charge in [-0.15, -0.1) is 20.1 Å². The Balaban J connectivity index is 1.38. The van der Waals surface area contributed by atoms with Crippen LogP contribution in [-0.2, 0) is 6.42 Å². The van der Waals surface area contributed by atoms with Gasteiger partial charge in [-0.05, 0) is 77.9 Å². The number of hydrogen-bond donors (Lipinski definition) is 1. The summed E-state index contributed by atoms with van der Waals surface area (Å²) in [5, 5.41) is 2.99. The molecule has 2 heterocycles. The number of carbonyl (C=O) groups is 1. The van der Waals surface area contributed by atoms with Gasteiger partial charge in [0.25, 0.3) is 5.91 Å². The number of ether oxygens (including phenoxy) is 2. The maximum Gasteiger partial charge on any atom is 0.586 e. The smallest absolute Gasteiger partial charge is 0.395 e. The van der Waals surface area contributed by atoms with Crippen LogP contribution in [0.3, 0.4) is 0 Å². The van der Waals surface area contributed by atoms with Gasteiger partial charge in [-0.1, -0.05) is 49.4 Å². The van der Waals surface area contributed by atoms with E-state index in [1.807, 2.05) is 44.2 Å². The Kier molecular flexibility index (Phi) is 5.81. The van der Waals surface area contributed by atoms with Crippen molar-refractivity contribution in [1.29, 1.82) is 0 Å². The lowest BCUT2D eigenvalue weighted by Crippen LogP contribution is -2.25. The average Bonchev–Trinajstić information content (AvgIpc) is 3.33. The number of thiophene rings is 1. The molecule has 4 aromatic rings. The molecule has 1 aliphatic heterocycles. The first-order valence-corrected chi connectivity index (χ1v) is 12.1. The lowest BCUT2D eigenvalue weighted by atomic mass is 9.99. The fraction of sp³-hybridized carbons (Fsp3) is 0.179. The quantitative estimate of drug-likeness (QED) is 0.309. The van der Waals surface area contributed by atoms with Gasteiger partial charge in [0.15, 0.2) is 11.5 Å². The van der Waals surface area contributed by atoms with E-state index in [2.05, 4.69) is 33.8 Å². The normalized spacial score (nSPS) is 13.6. The molecule has 0 spiro atoms. The Hall–Kier alpha value is -3.71. The summed E-state index contributed by atoms with van der Waals surface area (Å²) in [4.78, 5) is 15.0. The highest BCUT2D eigenvalue weighted by atomic mass is 32.1. The van der Waals surface area contributed by atoms with Crippen molar-refractivity contribution in [2.24, 2.45) is 0 Å². The summed E-state index contributed by atoms with van der Waals surface area (Å²) in [7, 11) is 0. The maximum absolute atomic E-state index is 13.4. The molecule has 0 saturated heterocycles. The molecule has 3 aromatic carbocycles. The molecule has 5 rings (SSSR count). The lowest BCUT2D eigenvalue weighted by Gasteiger charge is -2.10.